The Hall–Kier alpha value is -0.530. The fraction of sp³-hybridized carbons (Fsp3) is 0.400. The summed E-state index contributed by atoms with van der Waals surface area (Å²) in [5.74, 6) is 1.42. The van der Waals surface area contributed by atoms with Gasteiger partial charge in [0.15, 0.2) is 0 Å². The fourth-order valence-corrected chi connectivity index (χ4v) is 1.75. The van der Waals surface area contributed by atoms with Gasteiger partial charge < -0.3 is 5.73 Å². The highest BCUT2D eigenvalue weighted by atomic mass is 35.5. The summed E-state index contributed by atoms with van der Waals surface area (Å²) in [5.41, 5.74) is 6.95. The normalized spacial score (nSPS) is 27.2. The van der Waals surface area contributed by atoms with Crippen LogP contribution in [0.1, 0.15) is 17.9 Å². The van der Waals surface area contributed by atoms with Crippen molar-refractivity contribution < 1.29 is 0 Å². The standard InChI is InChI=1S/C10H12ClN/c11-9-3-1-7(2-4-9)10-5-8(10)6-12/h1-4,8,10H,5-6,12H2/t8-,10-/m0/s1. The van der Waals surface area contributed by atoms with Gasteiger partial charge in [0.05, 0.1) is 0 Å². The highest BCUT2D eigenvalue weighted by Crippen LogP contribution is 2.46. The molecular weight excluding hydrogens is 170 g/mol. The number of rotatable bonds is 2. The highest BCUT2D eigenvalue weighted by molar-refractivity contribution is 6.30. The Balaban J connectivity index is 2.10. The van der Waals surface area contributed by atoms with E-state index in [1.54, 1.807) is 0 Å². The first-order valence-electron chi connectivity index (χ1n) is 4.27. The molecule has 1 aliphatic carbocycles. The first kappa shape index (κ1) is 8.09. The lowest BCUT2D eigenvalue weighted by Crippen LogP contribution is -2.01. The molecule has 0 aliphatic heterocycles. The molecule has 1 saturated carbocycles. The van der Waals surface area contributed by atoms with E-state index < -0.39 is 0 Å². The largest absolute Gasteiger partial charge is 0.330 e. The van der Waals surface area contributed by atoms with Crippen LogP contribution in [-0.4, -0.2) is 6.54 Å². The number of nitrogens with two attached hydrogens (primary N) is 1. The van der Waals surface area contributed by atoms with Gasteiger partial charge in [-0.15, -0.1) is 0 Å². The summed E-state index contributed by atoms with van der Waals surface area (Å²) in [6, 6.07) is 8.09. The first-order valence-corrected chi connectivity index (χ1v) is 4.64. The van der Waals surface area contributed by atoms with E-state index in [-0.39, 0.29) is 0 Å². The monoisotopic (exact) mass is 181 g/mol. The number of halogens is 1. The molecule has 1 aromatic rings. The van der Waals surface area contributed by atoms with Crippen molar-refractivity contribution >= 4 is 11.6 Å². The van der Waals surface area contributed by atoms with Gasteiger partial charge in [0, 0.05) is 5.02 Å². The van der Waals surface area contributed by atoms with Gasteiger partial charge >= 0.3 is 0 Å². The van der Waals surface area contributed by atoms with E-state index >= 15 is 0 Å². The quantitative estimate of drug-likeness (QED) is 0.745. The molecule has 1 aliphatic rings. The summed E-state index contributed by atoms with van der Waals surface area (Å²) in [4.78, 5) is 0. The van der Waals surface area contributed by atoms with E-state index in [2.05, 4.69) is 12.1 Å². The Kier molecular flexibility index (Phi) is 2.07. The Morgan fingerprint density at radius 2 is 2.00 bits per heavy atom. The van der Waals surface area contributed by atoms with Crippen molar-refractivity contribution in [3.8, 4) is 0 Å². The third kappa shape index (κ3) is 1.47. The predicted octanol–water partition coefficient (Wildman–Crippen LogP) is 2.40. The minimum atomic E-state index is 0.701. The van der Waals surface area contributed by atoms with Crippen LogP contribution in [0.4, 0.5) is 0 Å². The molecule has 12 heavy (non-hydrogen) atoms. The minimum absolute atomic E-state index is 0.701. The molecule has 0 heterocycles. The van der Waals surface area contributed by atoms with Crippen LogP contribution in [-0.2, 0) is 0 Å². The van der Waals surface area contributed by atoms with Gasteiger partial charge in [-0.3, -0.25) is 0 Å². The van der Waals surface area contributed by atoms with Crippen molar-refractivity contribution in [2.45, 2.75) is 12.3 Å². The van der Waals surface area contributed by atoms with Crippen molar-refractivity contribution in [1.29, 1.82) is 0 Å². The predicted molar refractivity (Wildman–Crippen MR) is 51.4 cm³/mol. The van der Waals surface area contributed by atoms with E-state index in [4.69, 9.17) is 17.3 Å². The van der Waals surface area contributed by atoms with Gasteiger partial charge in [0.25, 0.3) is 0 Å². The molecule has 0 radical (unpaired) electrons. The van der Waals surface area contributed by atoms with Crippen molar-refractivity contribution in [3.63, 3.8) is 0 Å². The number of benzene rings is 1. The van der Waals surface area contributed by atoms with Crippen molar-refractivity contribution in [3.05, 3.63) is 34.9 Å². The molecule has 0 saturated heterocycles. The van der Waals surface area contributed by atoms with Crippen molar-refractivity contribution in [2.75, 3.05) is 6.54 Å². The molecule has 1 aromatic carbocycles. The second-order valence-electron chi connectivity index (χ2n) is 3.39. The summed E-state index contributed by atoms with van der Waals surface area (Å²) >= 11 is 5.78. The average Bonchev–Trinajstić information content (AvgIpc) is 2.85. The Morgan fingerprint density at radius 1 is 1.33 bits per heavy atom. The van der Waals surface area contributed by atoms with Crippen LogP contribution in [0.25, 0.3) is 0 Å². The van der Waals surface area contributed by atoms with Crippen LogP contribution in [0, 0.1) is 5.92 Å². The smallest absolute Gasteiger partial charge is 0.0406 e. The second kappa shape index (κ2) is 3.08. The average molecular weight is 182 g/mol. The molecule has 2 heteroatoms. The zero-order valence-electron chi connectivity index (χ0n) is 6.83. The van der Waals surface area contributed by atoms with Crippen LogP contribution >= 0.6 is 11.6 Å². The Labute approximate surface area is 77.5 Å². The molecule has 2 rings (SSSR count). The molecule has 0 unspecified atom stereocenters. The summed E-state index contributed by atoms with van der Waals surface area (Å²) < 4.78 is 0. The lowest BCUT2D eigenvalue weighted by Gasteiger charge is -1.98. The first-order chi connectivity index (χ1) is 5.81. The third-order valence-corrected chi connectivity index (χ3v) is 2.78. The van der Waals surface area contributed by atoms with Gasteiger partial charge in [0.2, 0.25) is 0 Å². The van der Waals surface area contributed by atoms with Gasteiger partial charge in [-0.05, 0) is 42.5 Å². The minimum Gasteiger partial charge on any atom is -0.330 e. The molecule has 64 valence electrons. The van der Waals surface area contributed by atoms with Crippen LogP contribution < -0.4 is 5.73 Å². The molecule has 0 amide bonds. The maximum absolute atomic E-state index is 5.78. The topological polar surface area (TPSA) is 26.0 Å². The van der Waals surface area contributed by atoms with Gasteiger partial charge in [-0.2, -0.15) is 0 Å². The van der Waals surface area contributed by atoms with E-state index in [9.17, 15) is 0 Å². The SMILES string of the molecule is NC[C@@H]1C[C@H]1c1ccc(Cl)cc1. The van der Waals surface area contributed by atoms with E-state index in [1.807, 2.05) is 12.1 Å². The molecule has 0 bridgehead atoms. The number of hydrogen-bond acceptors (Lipinski definition) is 1. The maximum atomic E-state index is 5.78. The van der Waals surface area contributed by atoms with Crippen molar-refractivity contribution in [2.24, 2.45) is 11.7 Å². The van der Waals surface area contributed by atoms with Crippen LogP contribution in [0.15, 0.2) is 24.3 Å². The van der Waals surface area contributed by atoms with E-state index in [1.165, 1.54) is 12.0 Å². The Morgan fingerprint density at radius 3 is 2.50 bits per heavy atom. The Bertz CT molecular complexity index is 268. The molecule has 1 fully saturated rings. The summed E-state index contributed by atoms with van der Waals surface area (Å²) in [6.45, 7) is 0.813. The second-order valence-corrected chi connectivity index (χ2v) is 3.83. The van der Waals surface area contributed by atoms with Crippen LogP contribution in [0.3, 0.4) is 0 Å². The van der Waals surface area contributed by atoms with E-state index in [0.29, 0.717) is 11.8 Å². The van der Waals surface area contributed by atoms with Gasteiger partial charge in [-0.25, -0.2) is 0 Å². The third-order valence-electron chi connectivity index (χ3n) is 2.52. The molecule has 1 nitrogen and oxygen atoms in total. The summed E-state index contributed by atoms with van der Waals surface area (Å²) in [7, 11) is 0. The lowest BCUT2D eigenvalue weighted by atomic mass is 10.1. The maximum Gasteiger partial charge on any atom is 0.0406 e. The summed E-state index contributed by atoms with van der Waals surface area (Å²) in [6.07, 6.45) is 1.25. The molecule has 2 atom stereocenters. The van der Waals surface area contributed by atoms with Crippen molar-refractivity contribution in [1.82, 2.24) is 0 Å². The zero-order valence-corrected chi connectivity index (χ0v) is 7.59. The molecule has 0 spiro atoms. The van der Waals surface area contributed by atoms with Crippen LogP contribution in [0.5, 0.6) is 0 Å². The van der Waals surface area contributed by atoms with Crippen LogP contribution in [0.2, 0.25) is 5.02 Å². The highest BCUT2D eigenvalue weighted by Gasteiger charge is 2.36. The lowest BCUT2D eigenvalue weighted by molar-refractivity contribution is 0.810. The zero-order chi connectivity index (χ0) is 8.55. The molecule has 0 aromatic heterocycles. The molecule has 2 N–H and O–H groups in total. The summed E-state index contributed by atoms with van der Waals surface area (Å²) in [5, 5.41) is 0.809. The number of hydrogen-bond donors (Lipinski definition) is 1. The van der Waals surface area contributed by atoms with Gasteiger partial charge in [-0.1, -0.05) is 23.7 Å². The van der Waals surface area contributed by atoms with E-state index in [0.717, 1.165) is 11.6 Å². The fourth-order valence-electron chi connectivity index (χ4n) is 1.63. The van der Waals surface area contributed by atoms with Gasteiger partial charge in [0.1, 0.15) is 0 Å². The molecular formula is C10H12ClN.